The van der Waals surface area contributed by atoms with Gasteiger partial charge in [-0.25, -0.2) is 9.59 Å². The lowest BCUT2D eigenvalue weighted by Crippen LogP contribution is -2.39. The summed E-state index contributed by atoms with van der Waals surface area (Å²) in [6.45, 7) is 0. The standard InChI is InChI=1S/C15H14O10/c16-9-3-1-7(5-10(9)17)2-4-12(20)25-13(15(23)24)8(14(21)22)6-11(18)19/h1-5,8,13,16-17H,6H2,(H,18,19)(H,21,22)(H,23,24)/b4-2+/t8-,13+/m0/s1. The SMILES string of the molecule is O=C(O)C[C@H](C(=O)O)[C@@H](OC(=O)/C=C/c1ccc(O)c(O)c1)C(=O)O. The molecule has 2 atom stereocenters. The van der Waals surface area contributed by atoms with Gasteiger partial charge in [0, 0.05) is 6.08 Å². The van der Waals surface area contributed by atoms with Gasteiger partial charge >= 0.3 is 23.9 Å². The van der Waals surface area contributed by atoms with E-state index in [4.69, 9.17) is 20.4 Å². The second kappa shape index (κ2) is 8.34. The van der Waals surface area contributed by atoms with Gasteiger partial charge in [-0.3, -0.25) is 9.59 Å². The van der Waals surface area contributed by atoms with Crippen LogP contribution < -0.4 is 0 Å². The van der Waals surface area contributed by atoms with Crippen molar-refractivity contribution in [3.05, 3.63) is 29.8 Å². The second-order valence-corrected chi connectivity index (χ2v) is 4.82. The van der Waals surface area contributed by atoms with Crippen LogP contribution in [0.25, 0.3) is 6.08 Å². The highest BCUT2D eigenvalue weighted by Gasteiger charge is 2.38. The number of esters is 1. The number of benzene rings is 1. The number of aromatic hydroxyl groups is 2. The predicted molar refractivity (Wildman–Crippen MR) is 79.7 cm³/mol. The van der Waals surface area contributed by atoms with Crippen LogP contribution in [-0.2, 0) is 23.9 Å². The van der Waals surface area contributed by atoms with Gasteiger partial charge in [0.15, 0.2) is 11.5 Å². The Morgan fingerprint density at radius 2 is 1.64 bits per heavy atom. The normalized spacial score (nSPS) is 13.1. The van der Waals surface area contributed by atoms with Gasteiger partial charge < -0.3 is 30.3 Å². The molecule has 1 aromatic rings. The number of carboxylic acids is 3. The summed E-state index contributed by atoms with van der Waals surface area (Å²) in [5, 5.41) is 45.0. The Bertz CT molecular complexity index is 721. The summed E-state index contributed by atoms with van der Waals surface area (Å²) in [5.41, 5.74) is 0.263. The molecule has 134 valence electrons. The Balaban J connectivity index is 2.89. The van der Waals surface area contributed by atoms with Crippen molar-refractivity contribution in [2.45, 2.75) is 12.5 Å². The van der Waals surface area contributed by atoms with E-state index in [1.165, 1.54) is 6.07 Å². The number of rotatable bonds is 8. The van der Waals surface area contributed by atoms with Gasteiger partial charge in [-0.2, -0.15) is 0 Å². The number of carbonyl (C=O) groups excluding carboxylic acids is 1. The molecule has 1 rings (SSSR count). The van der Waals surface area contributed by atoms with Gasteiger partial charge in [-0.15, -0.1) is 0 Å². The average Bonchev–Trinajstić information content (AvgIpc) is 2.51. The minimum atomic E-state index is -2.20. The van der Waals surface area contributed by atoms with Crippen LogP contribution >= 0.6 is 0 Å². The van der Waals surface area contributed by atoms with Crippen LogP contribution in [0.5, 0.6) is 11.5 Å². The Hall–Kier alpha value is -3.56. The summed E-state index contributed by atoms with van der Waals surface area (Å²) in [6.07, 6.45) is -1.36. The molecule has 0 bridgehead atoms. The first-order valence-electron chi connectivity index (χ1n) is 6.70. The molecule has 0 fully saturated rings. The molecule has 0 radical (unpaired) electrons. The highest BCUT2D eigenvalue weighted by atomic mass is 16.6. The molecule has 10 nitrogen and oxygen atoms in total. The van der Waals surface area contributed by atoms with Crippen molar-refractivity contribution in [1.82, 2.24) is 0 Å². The Labute approximate surface area is 140 Å². The summed E-state index contributed by atoms with van der Waals surface area (Å²) in [6, 6.07) is 3.59. The predicted octanol–water partition coefficient (Wildman–Crippen LogP) is 0.283. The molecule has 0 amide bonds. The Morgan fingerprint density at radius 3 is 2.12 bits per heavy atom. The summed E-state index contributed by atoms with van der Waals surface area (Å²) in [5.74, 6) is -9.14. The fourth-order valence-electron chi connectivity index (χ4n) is 1.79. The first-order valence-corrected chi connectivity index (χ1v) is 6.70. The highest BCUT2D eigenvalue weighted by Crippen LogP contribution is 2.25. The molecular formula is C15H14O10. The molecule has 0 saturated heterocycles. The lowest BCUT2D eigenvalue weighted by Gasteiger charge is -2.18. The Kier molecular flexibility index (Phi) is 6.50. The van der Waals surface area contributed by atoms with Crippen LogP contribution in [0.4, 0.5) is 0 Å². The van der Waals surface area contributed by atoms with E-state index < -0.39 is 48.1 Å². The number of phenolic OH excluding ortho intramolecular Hbond substituents is 2. The van der Waals surface area contributed by atoms with Crippen LogP contribution in [0.2, 0.25) is 0 Å². The number of hydrogen-bond donors (Lipinski definition) is 5. The van der Waals surface area contributed by atoms with E-state index in [1.807, 2.05) is 0 Å². The number of hydrogen-bond acceptors (Lipinski definition) is 7. The number of aliphatic carboxylic acids is 3. The van der Waals surface area contributed by atoms with Crippen molar-refractivity contribution in [2.75, 3.05) is 0 Å². The van der Waals surface area contributed by atoms with E-state index in [0.29, 0.717) is 0 Å². The van der Waals surface area contributed by atoms with Crippen LogP contribution in [0, 0.1) is 5.92 Å². The maximum Gasteiger partial charge on any atom is 0.345 e. The molecule has 0 aliphatic heterocycles. The lowest BCUT2D eigenvalue weighted by molar-refractivity contribution is -0.172. The zero-order valence-corrected chi connectivity index (χ0v) is 12.5. The zero-order valence-electron chi connectivity index (χ0n) is 12.5. The van der Waals surface area contributed by atoms with Crippen LogP contribution in [0.15, 0.2) is 24.3 Å². The van der Waals surface area contributed by atoms with Crippen molar-refractivity contribution in [3.8, 4) is 11.5 Å². The highest BCUT2D eigenvalue weighted by molar-refractivity contribution is 5.91. The van der Waals surface area contributed by atoms with Crippen LogP contribution in [0.1, 0.15) is 12.0 Å². The molecule has 0 heterocycles. The maximum atomic E-state index is 11.7. The van der Waals surface area contributed by atoms with Crippen LogP contribution in [-0.4, -0.2) is 55.5 Å². The molecule has 5 N–H and O–H groups in total. The first kappa shape index (κ1) is 19.5. The topological polar surface area (TPSA) is 179 Å². The van der Waals surface area contributed by atoms with E-state index >= 15 is 0 Å². The van der Waals surface area contributed by atoms with Gasteiger partial charge in [-0.05, 0) is 23.8 Å². The largest absolute Gasteiger partial charge is 0.504 e. The van der Waals surface area contributed by atoms with E-state index in [-0.39, 0.29) is 11.3 Å². The third-order valence-electron chi connectivity index (χ3n) is 2.98. The molecule has 0 spiro atoms. The van der Waals surface area contributed by atoms with E-state index in [2.05, 4.69) is 4.74 Å². The van der Waals surface area contributed by atoms with Gasteiger partial charge in [0.05, 0.1) is 6.42 Å². The van der Waals surface area contributed by atoms with Crippen LogP contribution in [0.3, 0.4) is 0 Å². The van der Waals surface area contributed by atoms with E-state index in [0.717, 1.165) is 24.3 Å². The first-order chi connectivity index (χ1) is 11.6. The number of carbonyl (C=O) groups is 4. The summed E-state index contributed by atoms with van der Waals surface area (Å²) < 4.78 is 4.53. The molecule has 0 aromatic heterocycles. The third kappa shape index (κ3) is 5.86. The van der Waals surface area contributed by atoms with E-state index in [1.54, 1.807) is 0 Å². The molecule has 1 aromatic carbocycles. The van der Waals surface area contributed by atoms with Gasteiger partial charge in [0.2, 0.25) is 6.10 Å². The fourth-order valence-corrected chi connectivity index (χ4v) is 1.79. The zero-order chi connectivity index (χ0) is 19.1. The molecule has 10 heteroatoms. The monoisotopic (exact) mass is 354 g/mol. The van der Waals surface area contributed by atoms with Crippen molar-refractivity contribution < 1.29 is 49.4 Å². The molecule has 0 aliphatic rings. The quantitative estimate of drug-likeness (QED) is 0.247. The summed E-state index contributed by atoms with van der Waals surface area (Å²) in [4.78, 5) is 44.4. The molecule has 0 saturated carbocycles. The van der Waals surface area contributed by atoms with Crippen molar-refractivity contribution in [3.63, 3.8) is 0 Å². The maximum absolute atomic E-state index is 11.7. The summed E-state index contributed by atoms with van der Waals surface area (Å²) in [7, 11) is 0. The second-order valence-electron chi connectivity index (χ2n) is 4.82. The van der Waals surface area contributed by atoms with Gasteiger partial charge in [-0.1, -0.05) is 6.07 Å². The molecule has 0 unspecified atom stereocenters. The fraction of sp³-hybridized carbons (Fsp3) is 0.200. The number of ether oxygens (including phenoxy) is 1. The van der Waals surface area contributed by atoms with Crippen molar-refractivity contribution >= 4 is 30.0 Å². The lowest BCUT2D eigenvalue weighted by atomic mass is 9.98. The van der Waals surface area contributed by atoms with Gasteiger partial charge in [0.1, 0.15) is 5.92 Å². The number of phenols is 2. The molecule has 0 aliphatic carbocycles. The van der Waals surface area contributed by atoms with Crippen molar-refractivity contribution in [2.24, 2.45) is 5.92 Å². The van der Waals surface area contributed by atoms with E-state index in [9.17, 15) is 24.3 Å². The average molecular weight is 354 g/mol. The number of carboxylic acid groups (broad SMARTS) is 3. The van der Waals surface area contributed by atoms with Gasteiger partial charge in [0.25, 0.3) is 0 Å². The smallest absolute Gasteiger partial charge is 0.345 e. The summed E-state index contributed by atoms with van der Waals surface area (Å²) >= 11 is 0. The molecular weight excluding hydrogens is 340 g/mol. The minimum absolute atomic E-state index is 0.263. The Morgan fingerprint density at radius 1 is 1.00 bits per heavy atom. The minimum Gasteiger partial charge on any atom is -0.504 e. The molecule has 25 heavy (non-hydrogen) atoms. The van der Waals surface area contributed by atoms with Crippen molar-refractivity contribution in [1.29, 1.82) is 0 Å². The third-order valence-corrected chi connectivity index (χ3v) is 2.98.